The van der Waals surface area contributed by atoms with Crippen molar-refractivity contribution in [2.45, 2.75) is 45.3 Å². The maximum absolute atomic E-state index is 12.0. The maximum atomic E-state index is 12.0. The molecule has 0 unspecified atom stereocenters. The third kappa shape index (κ3) is 6.34. The van der Waals surface area contributed by atoms with Crippen LogP contribution in [0.2, 0.25) is 5.02 Å². The van der Waals surface area contributed by atoms with Gasteiger partial charge in [-0.25, -0.2) is 4.79 Å². The molecule has 0 aliphatic carbocycles. The van der Waals surface area contributed by atoms with Crippen molar-refractivity contribution in [3.05, 3.63) is 28.8 Å². The average molecular weight is 384 g/mol. The van der Waals surface area contributed by atoms with Gasteiger partial charge in [0.15, 0.2) is 0 Å². The van der Waals surface area contributed by atoms with Crippen LogP contribution in [0.5, 0.6) is 5.75 Å². The first-order chi connectivity index (χ1) is 12.3. The van der Waals surface area contributed by atoms with Crippen molar-refractivity contribution in [3.8, 4) is 5.75 Å². The van der Waals surface area contributed by atoms with Crippen LogP contribution in [-0.4, -0.2) is 60.5 Å². The van der Waals surface area contributed by atoms with Gasteiger partial charge in [-0.05, 0) is 70.5 Å². The summed E-state index contributed by atoms with van der Waals surface area (Å²) < 4.78 is 5.53. The monoisotopic (exact) mass is 383 g/mol. The average Bonchev–Trinajstić information content (AvgIpc) is 3.15. The third-order valence-electron chi connectivity index (χ3n) is 4.71. The number of aryl methyl sites for hydroxylation is 1. The summed E-state index contributed by atoms with van der Waals surface area (Å²) >= 11 is 5.97. The van der Waals surface area contributed by atoms with Gasteiger partial charge in [0.2, 0.25) is 0 Å². The van der Waals surface area contributed by atoms with Crippen LogP contribution in [0.1, 0.15) is 32.3 Å². The van der Waals surface area contributed by atoms with Crippen molar-refractivity contribution in [2.75, 3.05) is 32.8 Å². The first-order valence-corrected chi connectivity index (χ1v) is 9.49. The number of rotatable bonds is 8. The molecule has 0 bridgehead atoms. The van der Waals surface area contributed by atoms with E-state index in [2.05, 4.69) is 29.4 Å². The molecular formula is C19H30ClN3O3. The molecule has 2 amide bonds. The fourth-order valence-corrected chi connectivity index (χ4v) is 3.08. The van der Waals surface area contributed by atoms with Crippen LogP contribution >= 0.6 is 11.6 Å². The fraction of sp³-hybridized carbons (Fsp3) is 0.632. The molecule has 26 heavy (non-hydrogen) atoms. The van der Waals surface area contributed by atoms with E-state index in [9.17, 15) is 9.90 Å². The van der Waals surface area contributed by atoms with Gasteiger partial charge in [-0.15, -0.1) is 0 Å². The van der Waals surface area contributed by atoms with Crippen molar-refractivity contribution in [1.29, 1.82) is 0 Å². The highest BCUT2D eigenvalue weighted by Crippen LogP contribution is 2.21. The summed E-state index contributed by atoms with van der Waals surface area (Å²) in [6.45, 7) is 9.11. The summed E-state index contributed by atoms with van der Waals surface area (Å²) in [5.41, 5.74) is 0.846. The molecule has 6 nitrogen and oxygen atoms in total. The second-order valence-electron chi connectivity index (χ2n) is 7.45. The van der Waals surface area contributed by atoms with Crippen LogP contribution in [0.25, 0.3) is 0 Å². The molecule has 1 atom stereocenters. The molecule has 1 aliphatic heterocycles. The topological polar surface area (TPSA) is 73.8 Å². The van der Waals surface area contributed by atoms with E-state index in [0.29, 0.717) is 17.3 Å². The van der Waals surface area contributed by atoms with Gasteiger partial charge < -0.3 is 20.5 Å². The molecule has 1 saturated heterocycles. The molecule has 1 aromatic rings. The molecule has 1 aromatic carbocycles. The van der Waals surface area contributed by atoms with Gasteiger partial charge in [-0.3, -0.25) is 4.90 Å². The van der Waals surface area contributed by atoms with E-state index < -0.39 is 6.10 Å². The second kappa shape index (κ2) is 9.44. The van der Waals surface area contributed by atoms with Crippen LogP contribution < -0.4 is 15.4 Å². The Morgan fingerprint density at radius 2 is 2.04 bits per heavy atom. The van der Waals surface area contributed by atoms with Crippen molar-refractivity contribution in [3.63, 3.8) is 0 Å². The molecular weight excluding hydrogens is 354 g/mol. The number of nitrogens with zero attached hydrogens (tertiary/aromatic N) is 1. The highest BCUT2D eigenvalue weighted by Gasteiger charge is 2.29. The zero-order chi connectivity index (χ0) is 19.2. The zero-order valence-electron chi connectivity index (χ0n) is 15.8. The second-order valence-corrected chi connectivity index (χ2v) is 7.85. The van der Waals surface area contributed by atoms with E-state index in [-0.39, 0.29) is 24.7 Å². The summed E-state index contributed by atoms with van der Waals surface area (Å²) in [5.74, 6) is 0.641. The van der Waals surface area contributed by atoms with Crippen molar-refractivity contribution in [2.24, 2.45) is 0 Å². The maximum Gasteiger partial charge on any atom is 0.314 e. The zero-order valence-corrected chi connectivity index (χ0v) is 16.6. The lowest BCUT2D eigenvalue weighted by Gasteiger charge is -2.35. The summed E-state index contributed by atoms with van der Waals surface area (Å²) in [6, 6.07) is 5.05. The van der Waals surface area contributed by atoms with Gasteiger partial charge in [0.25, 0.3) is 0 Å². The number of nitrogens with one attached hydrogen (secondary N) is 2. The Hall–Kier alpha value is -1.50. The Morgan fingerprint density at radius 3 is 2.69 bits per heavy atom. The molecule has 1 fully saturated rings. The number of hydrogen-bond donors (Lipinski definition) is 3. The highest BCUT2D eigenvalue weighted by molar-refractivity contribution is 6.31. The molecule has 1 aliphatic rings. The minimum Gasteiger partial charge on any atom is -0.491 e. The molecule has 3 N–H and O–H groups in total. The van der Waals surface area contributed by atoms with Crippen LogP contribution in [0.3, 0.4) is 0 Å². The van der Waals surface area contributed by atoms with Gasteiger partial charge in [-0.2, -0.15) is 0 Å². The van der Waals surface area contributed by atoms with E-state index in [1.807, 2.05) is 13.0 Å². The predicted octanol–water partition coefficient (Wildman–Crippen LogP) is 2.56. The highest BCUT2D eigenvalue weighted by atomic mass is 35.5. The largest absolute Gasteiger partial charge is 0.491 e. The number of amides is 2. The number of ether oxygens (including phenoxy) is 1. The number of urea groups is 1. The summed E-state index contributed by atoms with van der Waals surface area (Å²) in [4.78, 5) is 14.4. The van der Waals surface area contributed by atoms with Gasteiger partial charge in [0.1, 0.15) is 18.5 Å². The molecule has 146 valence electrons. The lowest BCUT2D eigenvalue weighted by molar-refractivity contribution is 0.107. The molecule has 0 saturated carbocycles. The summed E-state index contributed by atoms with van der Waals surface area (Å²) in [6.07, 6.45) is 1.65. The van der Waals surface area contributed by atoms with E-state index in [4.69, 9.17) is 16.3 Å². The van der Waals surface area contributed by atoms with E-state index in [1.165, 1.54) is 12.8 Å². The Balaban J connectivity index is 1.65. The van der Waals surface area contributed by atoms with E-state index in [1.54, 1.807) is 12.1 Å². The predicted molar refractivity (Wildman–Crippen MR) is 104 cm³/mol. The number of aliphatic hydroxyl groups excluding tert-OH is 1. The van der Waals surface area contributed by atoms with Crippen LogP contribution in [0.4, 0.5) is 4.79 Å². The van der Waals surface area contributed by atoms with Crippen molar-refractivity contribution in [1.82, 2.24) is 15.5 Å². The quantitative estimate of drug-likeness (QED) is 0.645. The van der Waals surface area contributed by atoms with Crippen LogP contribution in [0.15, 0.2) is 18.2 Å². The number of likely N-dealkylation sites (tertiary alicyclic amines) is 1. The number of hydrogen-bond acceptors (Lipinski definition) is 4. The summed E-state index contributed by atoms with van der Waals surface area (Å²) in [7, 11) is 0. The number of aliphatic hydroxyl groups is 1. The third-order valence-corrected chi connectivity index (χ3v) is 5.14. The smallest absolute Gasteiger partial charge is 0.314 e. The van der Waals surface area contributed by atoms with Gasteiger partial charge >= 0.3 is 6.03 Å². The molecule has 2 rings (SSSR count). The SMILES string of the molecule is Cc1cc(OC[C@H](O)CNC(=O)NCC(C)(C)N2CCCC2)ccc1Cl. The van der Waals surface area contributed by atoms with Crippen LogP contribution in [-0.2, 0) is 0 Å². The number of halogens is 1. The number of carbonyl (C=O) groups is 1. The molecule has 0 spiro atoms. The van der Waals surface area contributed by atoms with Gasteiger partial charge in [0.05, 0.1) is 0 Å². The Morgan fingerprint density at radius 1 is 1.35 bits per heavy atom. The standard InChI is InChI=1S/C19H30ClN3O3/c1-14-10-16(6-7-17(14)20)26-12-15(24)11-21-18(25)22-13-19(2,3)23-8-4-5-9-23/h6-7,10,15,24H,4-5,8-9,11-13H2,1-3H3,(H2,21,22,25)/t15-/m1/s1. The van der Waals surface area contributed by atoms with Gasteiger partial charge in [-0.1, -0.05) is 11.6 Å². The summed E-state index contributed by atoms with van der Waals surface area (Å²) in [5, 5.41) is 16.2. The number of carbonyl (C=O) groups excluding carboxylic acids is 1. The van der Waals surface area contributed by atoms with Gasteiger partial charge in [0, 0.05) is 23.7 Å². The Bertz CT molecular complexity index is 604. The normalized spacial score (nSPS) is 16.3. The number of benzene rings is 1. The molecule has 7 heteroatoms. The first-order valence-electron chi connectivity index (χ1n) is 9.12. The first kappa shape index (κ1) is 20.8. The molecule has 1 heterocycles. The lowest BCUT2D eigenvalue weighted by Crippen LogP contribution is -2.52. The minimum absolute atomic E-state index is 0.0675. The van der Waals surface area contributed by atoms with Crippen molar-refractivity contribution >= 4 is 17.6 Å². The van der Waals surface area contributed by atoms with Crippen molar-refractivity contribution < 1.29 is 14.6 Å². The molecule has 0 radical (unpaired) electrons. The molecule has 0 aromatic heterocycles. The minimum atomic E-state index is -0.789. The van der Waals surface area contributed by atoms with E-state index in [0.717, 1.165) is 18.7 Å². The Labute approximate surface area is 160 Å². The Kier molecular flexibility index (Phi) is 7.55. The lowest BCUT2D eigenvalue weighted by atomic mass is 10.0. The fourth-order valence-electron chi connectivity index (χ4n) is 2.96. The van der Waals surface area contributed by atoms with Crippen LogP contribution in [0, 0.1) is 6.92 Å². The van der Waals surface area contributed by atoms with E-state index >= 15 is 0 Å².